The number of aliphatic carboxylic acids is 1. The Labute approximate surface area is 116 Å². The van der Waals surface area contributed by atoms with Crippen molar-refractivity contribution < 1.29 is 14.6 Å². The Morgan fingerprint density at radius 1 is 1.58 bits per heavy atom. The molecule has 1 aliphatic rings. The van der Waals surface area contributed by atoms with E-state index in [0.717, 1.165) is 38.3 Å². The number of hydrogen-bond donors (Lipinski definition) is 1. The minimum absolute atomic E-state index is 0.0531. The molecule has 1 N–H and O–H groups in total. The normalized spacial score (nSPS) is 17.8. The summed E-state index contributed by atoms with van der Waals surface area (Å²) in [6.07, 6.45) is 3.41. The van der Waals surface area contributed by atoms with E-state index in [1.807, 2.05) is 11.6 Å². The van der Waals surface area contributed by atoms with Gasteiger partial charge in [-0.2, -0.15) is 0 Å². The monoisotopic (exact) mass is 287 g/mol. The van der Waals surface area contributed by atoms with Crippen LogP contribution in [-0.4, -0.2) is 51.3 Å². The maximum absolute atomic E-state index is 10.4. The van der Waals surface area contributed by atoms with Gasteiger partial charge in [0.15, 0.2) is 0 Å². The predicted octanol–water partition coefficient (Wildman–Crippen LogP) is 1.14. The fraction of sp³-hybridized carbons (Fsp3) is 0.667. The number of carboxylic acid groups (broad SMARTS) is 1. The molecule has 1 saturated heterocycles. The van der Waals surface area contributed by atoms with E-state index < -0.39 is 5.97 Å². The van der Waals surface area contributed by atoms with Gasteiger partial charge >= 0.3 is 5.97 Å². The fourth-order valence-corrected chi connectivity index (χ4v) is 2.34. The summed E-state index contributed by atoms with van der Waals surface area (Å²) in [5, 5.41) is 9.20. The van der Waals surface area contributed by atoms with E-state index in [0.29, 0.717) is 5.15 Å². The van der Waals surface area contributed by atoms with Gasteiger partial charge in [-0.15, -0.1) is 0 Å². The average Bonchev–Trinajstić information content (AvgIpc) is 2.70. The second-order valence-electron chi connectivity index (χ2n) is 4.74. The number of ether oxygens (including phenoxy) is 1. The summed E-state index contributed by atoms with van der Waals surface area (Å²) in [5.74, 6) is 0.0278. The van der Waals surface area contributed by atoms with E-state index in [-0.39, 0.29) is 12.7 Å². The van der Waals surface area contributed by atoms with Crippen LogP contribution >= 0.6 is 11.6 Å². The van der Waals surface area contributed by atoms with Crippen LogP contribution in [-0.2, 0) is 23.1 Å². The first-order chi connectivity index (χ1) is 9.06. The lowest BCUT2D eigenvalue weighted by atomic mass is 10.1. The molecule has 0 bridgehead atoms. The summed E-state index contributed by atoms with van der Waals surface area (Å²) in [5.41, 5.74) is 0. The van der Waals surface area contributed by atoms with Crippen molar-refractivity contribution in [2.24, 2.45) is 7.05 Å². The van der Waals surface area contributed by atoms with E-state index >= 15 is 0 Å². The molecule has 0 aliphatic carbocycles. The molecule has 1 aromatic rings. The van der Waals surface area contributed by atoms with Gasteiger partial charge in [-0.3, -0.25) is 4.90 Å². The first-order valence-corrected chi connectivity index (χ1v) is 6.66. The highest BCUT2D eigenvalue weighted by Crippen LogP contribution is 2.17. The number of halogens is 1. The van der Waals surface area contributed by atoms with Gasteiger partial charge in [-0.25, -0.2) is 9.78 Å². The number of piperidine rings is 1. The van der Waals surface area contributed by atoms with Crippen LogP contribution < -0.4 is 0 Å². The molecule has 2 heterocycles. The minimum Gasteiger partial charge on any atom is -0.480 e. The molecule has 2 rings (SSSR count). The Morgan fingerprint density at radius 3 is 2.79 bits per heavy atom. The summed E-state index contributed by atoms with van der Waals surface area (Å²) in [7, 11) is 1.90. The SMILES string of the molecule is Cn1c(Cl)cnc1CN1CCC(OCC(=O)O)CC1. The van der Waals surface area contributed by atoms with Gasteiger partial charge in [0, 0.05) is 20.1 Å². The number of hydrogen-bond acceptors (Lipinski definition) is 4. The fourth-order valence-electron chi connectivity index (χ4n) is 2.19. The van der Waals surface area contributed by atoms with Crippen molar-refractivity contribution >= 4 is 17.6 Å². The lowest BCUT2D eigenvalue weighted by Gasteiger charge is -2.31. The summed E-state index contributed by atoms with van der Waals surface area (Å²) in [4.78, 5) is 17.0. The Balaban J connectivity index is 1.77. The highest BCUT2D eigenvalue weighted by atomic mass is 35.5. The van der Waals surface area contributed by atoms with Crippen molar-refractivity contribution in [1.29, 1.82) is 0 Å². The van der Waals surface area contributed by atoms with Crippen LogP contribution in [0.1, 0.15) is 18.7 Å². The highest BCUT2D eigenvalue weighted by molar-refractivity contribution is 6.29. The van der Waals surface area contributed by atoms with Crippen molar-refractivity contribution in [3.8, 4) is 0 Å². The molecular weight excluding hydrogens is 270 g/mol. The predicted molar refractivity (Wildman–Crippen MR) is 70.1 cm³/mol. The zero-order valence-electron chi connectivity index (χ0n) is 10.9. The summed E-state index contributed by atoms with van der Waals surface area (Å²) in [6.45, 7) is 2.32. The highest BCUT2D eigenvalue weighted by Gasteiger charge is 2.21. The largest absolute Gasteiger partial charge is 0.480 e. The molecule has 6 nitrogen and oxygen atoms in total. The maximum Gasteiger partial charge on any atom is 0.329 e. The standard InChI is InChI=1S/C12H18ClN3O3/c1-15-10(13)6-14-11(15)7-16-4-2-9(3-5-16)19-8-12(17)18/h6,9H,2-5,7-8H2,1H3,(H,17,18). The van der Waals surface area contributed by atoms with Crippen LogP contribution in [0, 0.1) is 0 Å². The van der Waals surface area contributed by atoms with E-state index in [2.05, 4.69) is 9.88 Å². The summed E-state index contributed by atoms with van der Waals surface area (Å²) < 4.78 is 7.17. The summed E-state index contributed by atoms with van der Waals surface area (Å²) in [6, 6.07) is 0. The third-order valence-electron chi connectivity index (χ3n) is 3.37. The average molecular weight is 288 g/mol. The molecule has 1 aromatic heterocycles. The number of rotatable bonds is 5. The number of imidazole rings is 1. The van der Waals surface area contributed by atoms with E-state index in [9.17, 15) is 4.79 Å². The number of likely N-dealkylation sites (tertiary alicyclic amines) is 1. The maximum atomic E-state index is 10.4. The van der Waals surface area contributed by atoms with Gasteiger partial charge in [0.05, 0.1) is 18.8 Å². The Morgan fingerprint density at radius 2 is 2.26 bits per heavy atom. The Kier molecular flexibility index (Phi) is 4.79. The Hall–Kier alpha value is -1.11. The summed E-state index contributed by atoms with van der Waals surface area (Å²) >= 11 is 5.95. The van der Waals surface area contributed by atoms with Crippen LogP contribution in [0.2, 0.25) is 5.15 Å². The topological polar surface area (TPSA) is 67.6 Å². The van der Waals surface area contributed by atoms with Crippen LogP contribution in [0.4, 0.5) is 0 Å². The third kappa shape index (κ3) is 3.92. The third-order valence-corrected chi connectivity index (χ3v) is 3.72. The molecule has 0 radical (unpaired) electrons. The Bertz CT molecular complexity index is 441. The smallest absolute Gasteiger partial charge is 0.329 e. The second kappa shape index (κ2) is 6.36. The van der Waals surface area contributed by atoms with Gasteiger partial charge < -0.3 is 14.4 Å². The molecule has 1 fully saturated rings. The quantitative estimate of drug-likeness (QED) is 0.879. The van der Waals surface area contributed by atoms with E-state index in [1.54, 1.807) is 6.20 Å². The van der Waals surface area contributed by atoms with Crippen molar-refractivity contribution in [1.82, 2.24) is 14.5 Å². The van der Waals surface area contributed by atoms with Crippen molar-refractivity contribution in [3.63, 3.8) is 0 Å². The molecule has 0 atom stereocenters. The molecule has 19 heavy (non-hydrogen) atoms. The van der Waals surface area contributed by atoms with Crippen molar-refractivity contribution in [2.45, 2.75) is 25.5 Å². The van der Waals surface area contributed by atoms with Crippen LogP contribution in [0.5, 0.6) is 0 Å². The number of aromatic nitrogens is 2. The van der Waals surface area contributed by atoms with Gasteiger partial charge in [-0.05, 0) is 12.8 Å². The van der Waals surface area contributed by atoms with E-state index in [4.69, 9.17) is 21.4 Å². The molecule has 0 aromatic carbocycles. The van der Waals surface area contributed by atoms with Crippen molar-refractivity contribution in [2.75, 3.05) is 19.7 Å². The van der Waals surface area contributed by atoms with Gasteiger partial charge in [-0.1, -0.05) is 11.6 Å². The second-order valence-corrected chi connectivity index (χ2v) is 5.12. The van der Waals surface area contributed by atoms with Crippen LogP contribution in [0.25, 0.3) is 0 Å². The molecule has 106 valence electrons. The number of carbonyl (C=O) groups is 1. The molecule has 1 aliphatic heterocycles. The van der Waals surface area contributed by atoms with Gasteiger partial charge in [0.1, 0.15) is 17.6 Å². The molecule has 0 saturated carbocycles. The van der Waals surface area contributed by atoms with Gasteiger partial charge in [0.2, 0.25) is 0 Å². The molecular formula is C12H18ClN3O3. The molecule has 0 spiro atoms. The zero-order valence-corrected chi connectivity index (χ0v) is 11.6. The molecule has 0 amide bonds. The zero-order chi connectivity index (χ0) is 13.8. The van der Waals surface area contributed by atoms with Crippen molar-refractivity contribution in [3.05, 3.63) is 17.2 Å². The van der Waals surface area contributed by atoms with E-state index in [1.165, 1.54) is 0 Å². The van der Waals surface area contributed by atoms with Crippen LogP contribution in [0.3, 0.4) is 0 Å². The lowest BCUT2D eigenvalue weighted by Crippen LogP contribution is -2.37. The molecule has 0 unspecified atom stereocenters. The lowest BCUT2D eigenvalue weighted by molar-refractivity contribution is -0.145. The van der Waals surface area contributed by atoms with Crippen LogP contribution in [0.15, 0.2) is 6.20 Å². The molecule has 7 heteroatoms. The van der Waals surface area contributed by atoms with Gasteiger partial charge in [0.25, 0.3) is 0 Å². The first kappa shape index (κ1) is 14.3. The first-order valence-electron chi connectivity index (χ1n) is 6.28. The number of nitrogens with zero attached hydrogens (tertiary/aromatic N) is 3. The number of carboxylic acids is 1. The minimum atomic E-state index is -0.912.